The lowest BCUT2D eigenvalue weighted by atomic mass is 9.88. The van der Waals surface area contributed by atoms with Crippen LogP contribution in [0.15, 0.2) is 76.8 Å². The average molecular weight is 849 g/mol. The molecular weight excluding hydrogens is 797 g/mol. The van der Waals surface area contributed by atoms with E-state index in [9.17, 15) is 24.9 Å². The van der Waals surface area contributed by atoms with Gasteiger partial charge in [0.05, 0.1) is 45.1 Å². The number of aromatic hydroxyl groups is 1. The van der Waals surface area contributed by atoms with Crippen LogP contribution in [0.4, 0.5) is 0 Å². The number of ether oxygens (including phenoxy) is 1. The minimum Gasteiger partial charge on any atom is -0.507 e. The zero-order chi connectivity index (χ0) is 43.0. The summed E-state index contributed by atoms with van der Waals surface area (Å²) in [6.45, 7) is 9.91. The van der Waals surface area contributed by atoms with Gasteiger partial charge in [-0.1, -0.05) is 50.2 Å². The molecule has 0 radical (unpaired) electrons. The molecule has 16 heteroatoms. The summed E-state index contributed by atoms with van der Waals surface area (Å²) in [4.78, 5) is 37.0. The summed E-state index contributed by atoms with van der Waals surface area (Å²) < 4.78 is 13.6. The Labute approximate surface area is 358 Å². The van der Waals surface area contributed by atoms with Crippen molar-refractivity contribution in [3.63, 3.8) is 0 Å². The van der Waals surface area contributed by atoms with Gasteiger partial charge in [-0.05, 0) is 73.2 Å². The summed E-state index contributed by atoms with van der Waals surface area (Å²) in [5.74, 6) is -0.885. The molecule has 6 heterocycles. The van der Waals surface area contributed by atoms with E-state index in [-0.39, 0.29) is 48.4 Å². The molecule has 2 aliphatic heterocycles. The predicted octanol–water partition coefficient (Wildman–Crippen LogP) is 5.70. The molecule has 2 fully saturated rings. The number of para-hydroxylation sites is 1. The van der Waals surface area contributed by atoms with Crippen LogP contribution in [0.1, 0.15) is 74.7 Å². The largest absolute Gasteiger partial charge is 0.507 e. The number of hydrogen-bond donors (Lipinski definition) is 4. The van der Waals surface area contributed by atoms with Crippen LogP contribution in [0.2, 0.25) is 0 Å². The molecule has 4 aromatic heterocycles. The van der Waals surface area contributed by atoms with Crippen LogP contribution in [0.3, 0.4) is 0 Å². The Morgan fingerprint density at radius 1 is 1.05 bits per heavy atom. The smallest absolute Gasteiger partial charge is 0.254 e. The van der Waals surface area contributed by atoms with Crippen molar-refractivity contribution in [3.05, 3.63) is 95.0 Å². The Bertz CT molecular complexity index is 2510. The number of β-amino-alcohol motifs (C(OH)–C–C–N with tert-alkyl or cyclic N) is 1. The molecule has 4 atom stereocenters. The highest BCUT2D eigenvalue weighted by atomic mass is 32.1. The second-order valence-electron chi connectivity index (χ2n) is 16.6. The zero-order valence-electron chi connectivity index (χ0n) is 35.0. The number of rotatable bonds is 13. The first-order valence-electron chi connectivity index (χ1n) is 20.7. The van der Waals surface area contributed by atoms with Gasteiger partial charge in [-0.15, -0.1) is 21.5 Å². The van der Waals surface area contributed by atoms with Crippen LogP contribution >= 0.6 is 11.3 Å². The molecule has 0 bridgehead atoms. The number of aliphatic hydroxyl groups is 2. The van der Waals surface area contributed by atoms with Crippen LogP contribution in [0.25, 0.3) is 32.7 Å². The summed E-state index contributed by atoms with van der Waals surface area (Å²) in [5.41, 5.74) is 7.12. The minimum atomic E-state index is -1.06. The zero-order valence-corrected chi connectivity index (χ0v) is 35.8. The van der Waals surface area contributed by atoms with Gasteiger partial charge in [0.1, 0.15) is 35.4 Å². The minimum absolute atomic E-state index is 0.0368. The fraction of sp³-hybridized carbons (Fsp3) is 0.422. The molecule has 2 aliphatic rings. The van der Waals surface area contributed by atoms with Crippen molar-refractivity contribution in [1.82, 2.24) is 40.0 Å². The second kappa shape index (κ2) is 17.4. The molecule has 2 aromatic carbocycles. The van der Waals surface area contributed by atoms with Gasteiger partial charge < -0.3 is 39.4 Å². The second-order valence-corrected chi connectivity index (χ2v) is 17.5. The molecule has 6 aromatic rings. The maximum Gasteiger partial charge on any atom is 0.254 e. The monoisotopic (exact) mass is 848 g/mol. The topological polar surface area (TPSA) is 192 Å². The predicted molar refractivity (Wildman–Crippen MR) is 230 cm³/mol. The molecule has 2 saturated heterocycles. The summed E-state index contributed by atoms with van der Waals surface area (Å²) in [6, 6.07) is 19.2. The van der Waals surface area contributed by atoms with Crippen molar-refractivity contribution < 1.29 is 34.2 Å². The number of amides is 2. The van der Waals surface area contributed by atoms with Gasteiger partial charge in [0.25, 0.3) is 5.88 Å². The van der Waals surface area contributed by atoms with Crippen LogP contribution < -0.4 is 10.1 Å². The molecule has 320 valence electrons. The molecular formula is C45H52N8O7S. The lowest BCUT2D eigenvalue weighted by Crippen LogP contribution is -2.48. The maximum atomic E-state index is 14.2. The first kappa shape index (κ1) is 42.0. The third-order valence-electron chi connectivity index (χ3n) is 12.2. The van der Waals surface area contributed by atoms with E-state index < -0.39 is 23.7 Å². The third kappa shape index (κ3) is 8.62. The van der Waals surface area contributed by atoms with E-state index in [2.05, 4.69) is 30.6 Å². The molecule has 0 saturated carbocycles. The quantitative estimate of drug-likeness (QED) is 0.111. The van der Waals surface area contributed by atoms with E-state index in [4.69, 9.17) is 9.26 Å². The molecule has 8 rings (SSSR count). The standard InChI is InChI=1S/C45H52N8O7S/c1-26(2)41(44(57)53-24-31(54)20-36(53)43(56)47-27(3)29-10-12-30(13-11-29)42-28(4)46-25-61-42)38-23-40(50-60-38)59-19-18-52-16-14-45(58,15-17-52)39-22-34-35(51(39)5)21-33(48-49-34)32-8-6-7-9-37(32)55/h6-13,21-23,25-27,31,36,41,54-55,58H,14-20,24H2,1-5H3,(H,47,56)/t27?,31-,36+,41?/m1/s1. The molecule has 0 aliphatic carbocycles. The van der Waals surface area contributed by atoms with E-state index in [1.165, 1.54) is 4.90 Å². The van der Waals surface area contributed by atoms with Crippen LogP contribution in [0, 0.1) is 12.8 Å². The fourth-order valence-corrected chi connectivity index (χ4v) is 9.48. The van der Waals surface area contributed by atoms with E-state index in [0.29, 0.717) is 61.6 Å². The number of benzene rings is 2. The third-order valence-corrected chi connectivity index (χ3v) is 13.2. The van der Waals surface area contributed by atoms with Gasteiger partial charge in [-0.3, -0.25) is 14.5 Å². The van der Waals surface area contributed by atoms with Gasteiger partial charge in [0.2, 0.25) is 11.8 Å². The molecule has 0 spiro atoms. The van der Waals surface area contributed by atoms with Crippen LogP contribution in [0.5, 0.6) is 11.6 Å². The molecule has 2 unspecified atom stereocenters. The number of piperidine rings is 1. The average Bonchev–Trinajstić information content (AvgIpc) is 4.06. The molecule has 4 N–H and O–H groups in total. The van der Waals surface area contributed by atoms with E-state index in [1.807, 2.05) is 87.3 Å². The van der Waals surface area contributed by atoms with Gasteiger partial charge in [-0.2, -0.15) is 0 Å². The number of likely N-dealkylation sites (tertiary alicyclic amines) is 2. The molecule has 61 heavy (non-hydrogen) atoms. The maximum absolute atomic E-state index is 14.2. The Kier molecular flexibility index (Phi) is 12.0. The Morgan fingerprint density at radius 2 is 1.80 bits per heavy atom. The number of fused-ring (bicyclic) bond motifs is 1. The summed E-state index contributed by atoms with van der Waals surface area (Å²) in [7, 11) is 1.91. The number of carbonyl (C=O) groups excluding carboxylic acids is 2. The van der Waals surface area contributed by atoms with E-state index >= 15 is 0 Å². The van der Waals surface area contributed by atoms with Gasteiger partial charge in [-0.25, -0.2) is 4.98 Å². The van der Waals surface area contributed by atoms with E-state index in [1.54, 1.807) is 35.6 Å². The first-order valence-corrected chi connectivity index (χ1v) is 21.6. The lowest BCUT2D eigenvalue weighted by Gasteiger charge is -2.38. The number of nitrogens with zero attached hydrogens (tertiary/aromatic N) is 7. The van der Waals surface area contributed by atoms with Crippen molar-refractivity contribution in [3.8, 4) is 33.3 Å². The highest BCUT2D eigenvalue weighted by Crippen LogP contribution is 2.37. The van der Waals surface area contributed by atoms with Crippen molar-refractivity contribution >= 4 is 34.2 Å². The first-order chi connectivity index (χ1) is 29.3. The Hall–Kier alpha value is -5.68. The number of phenolic OH excluding ortho intramolecular Hbond substituents is 1. The molecule has 15 nitrogen and oxygen atoms in total. The van der Waals surface area contributed by atoms with Crippen LogP contribution in [-0.4, -0.2) is 107 Å². The number of nitrogens with one attached hydrogen (secondary N) is 1. The van der Waals surface area contributed by atoms with Crippen molar-refractivity contribution in [2.75, 3.05) is 32.8 Å². The van der Waals surface area contributed by atoms with E-state index in [0.717, 1.165) is 32.9 Å². The normalized spacial score (nSPS) is 19.0. The van der Waals surface area contributed by atoms with Crippen molar-refractivity contribution in [2.24, 2.45) is 13.0 Å². The van der Waals surface area contributed by atoms with Crippen molar-refractivity contribution in [1.29, 1.82) is 0 Å². The Balaban J connectivity index is 0.850. The number of hydrogen-bond acceptors (Lipinski definition) is 13. The summed E-state index contributed by atoms with van der Waals surface area (Å²) in [5, 5.41) is 48.8. The summed E-state index contributed by atoms with van der Waals surface area (Å²) in [6.07, 6.45) is 0.311. The number of phenols is 1. The number of carbonyl (C=O) groups is 2. The van der Waals surface area contributed by atoms with Gasteiger partial charge in [0.15, 0.2) is 5.76 Å². The van der Waals surface area contributed by atoms with Crippen molar-refractivity contribution in [2.45, 2.75) is 76.7 Å². The van der Waals surface area contributed by atoms with Gasteiger partial charge >= 0.3 is 0 Å². The lowest BCUT2D eigenvalue weighted by molar-refractivity contribution is -0.141. The highest BCUT2D eigenvalue weighted by Gasteiger charge is 2.44. The Morgan fingerprint density at radius 3 is 2.51 bits per heavy atom. The summed E-state index contributed by atoms with van der Waals surface area (Å²) >= 11 is 1.58. The highest BCUT2D eigenvalue weighted by molar-refractivity contribution is 7.13. The number of aliphatic hydroxyl groups excluding tert-OH is 1. The number of aryl methyl sites for hydroxylation is 2. The van der Waals surface area contributed by atoms with Crippen LogP contribution in [-0.2, 0) is 22.2 Å². The van der Waals surface area contributed by atoms with Gasteiger partial charge in [0, 0.05) is 51.3 Å². The molecule has 2 amide bonds. The SMILES string of the molecule is Cc1ncsc1-c1ccc(C(C)NC(=O)[C@@H]2C[C@@H](O)CN2C(=O)C(c2cc(OCCN3CCC(O)(c4cc5nnc(-c6ccccc6O)cc5n4C)CC3)no2)C(C)C)cc1. The number of aromatic nitrogens is 5. The number of thiazole rings is 1. The fourth-order valence-electron chi connectivity index (χ4n) is 8.67.